The molecule has 2 rings (SSSR count). The summed E-state index contributed by atoms with van der Waals surface area (Å²) in [4.78, 5) is 28.2. The van der Waals surface area contributed by atoms with Crippen molar-refractivity contribution in [3.05, 3.63) is 18.5 Å². The van der Waals surface area contributed by atoms with Crippen LogP contribution >= 0.6 is 24.8 Å². The van der Waals surface area contributed by atoms with Crippen LogP contribution in [0.5, 0.6) is 0 Å². The van der Waals surface area contributed by atoms with Crippen LogP contribution in [0.15, 0.2) is 18.5 Å². The molecule has 1 fully saturated rings. The number of carbonyl (C=O) groups excluding carboxylic acids is 2. The molecule has 1 aromatic heterocycles. The quantitative estimate of drug-likeness (QED) is 0.744. The minimum Gasteiger partial charge on any atom is -0.341 e. The summed E-state index contributed by atoms with van der Waals surface area (Å²) in [6.07, 6.45) is 6.67. The van der Waals surface area contributed by atoms with E-state index < -0.39 is 6.04 Å². The van der Waals surface area contributed by atoms with Crippen molar-refractivity contribution in [2.45, 2.75) is 32.2 Å². The molecule has 1 saturated heterocycles. The van der Waals surface area contributed by atoms with Crippen molar-refractivity contribution in [2.24, 2.45) is 5.92 Å². The number of nitrogens with zero attached hydrogens (tertiary/aromatic N) is 4. The van der Waals surface area contributed by atoms with Crippen LogP contribution in [-0.2, 0) is 9.59 Å². The lowest BCUT2D eigenvalue weighted by Crippen LogP contribution is -2.46. The van der Waals surface area contributed by atoms with Crippen LogP contribution in [0.2, 0.25) is 0 Å². The van der Waals surface area contributed by atoms with Crippen LogP contribution < -0.4 is 5.32 Å². The third-order valence-corrected chi connectivity index (χ3v) is 4.80. The van der Waals surface area contributed by atoms with Crippen molar-refractivity contribution in [1.29, 1.82) is 0 Å². The Balaban J connectivity index is 0.00000312. The van der Waals surface area contributed by atoms with Gasteiger partial charge in [-0.2, -0.15) is 5.10 Å². The maximum atomic E-state index is 12.4. The molecule has 0 radical (unpaired) electrons. The molecule has 9 heteroatoms. The molecule has 1 aromatic rings. The Bertz CT molecular complexity index is 533. The van der Waals surface area contributed by atoms with E-state index >= 15 is 0 Å². The molecule has 1 unspecified atom stereocenters. The summed E-state index contributed by atoms with van der Waals surface area (Å²) < 4.78 is 1.61. The summed E-state index contributed by atoms with van der Waals surface area (Å²) in [7, 11) is 3.65. The van der Waals surface area contributed by atoms with Crippen molar-refractivity contribution >= 4 is 36.6 Å². The maximum absolute atomic E-state index is 12.4. The van der Waals surface area contributed by atoms with Gasteiger partial charge in [0.1, 0.15) is 6.04 Å². The van der Waals surface area contributed by atoms with Crippen LogP contribution in [0, 0.1) is 5.92 Å². The van der Waals surface area contributed by atoms with Gasteiger partial charge < -0.3 is 15.1 Å². The zero-order valence-electron chi connectivity index (χ0n) is 15.8. The first-order valence-electron chi connectivity index (χ1n) is 8.69. The highest BCUT2D eigenvalue weighted by Crippen LogP contribution is 2.20. The SMILES string of the molecule is CNCCC1CCN(C(=O)CN(C)C(=O)C(C)n2cccn2)CC1.Cl.Cl. The molecule has 7 nitrogen and oxygen atoms in total. The van der Waals surface area contributed by atoms with Crippen LogP contribution in [0.3, 0.4) is 0 Å². The Morgan fingerprint density at radius 1 is 1.31 bits per heavy atom. The number of aromatic nitrogens is 2. The first kappa shape index (κ1) is 24.7. The van der Waals surface area contributed by atoms with E-state index in [0.29, 0.717) is 5.92 Å². The monoisotopic (exact) mass is 407 g/mol. The molecule has 1 aliphatic heterocycles. The number of rotatable bonds is 7. The average Bonchev–Trinajstić information content (AvgIpc) is 3.13. The molecule has 0 aliphatic carbocycles. The molecule has 0 spiro atoms. The minimum absolute atomic E-state index is 0. The van der Waals surface area contributed by atoms with Gasteiger partial charge in [-0.3, -0.25) is 14.3 Å². The largest absolute Gasteiger partial charge is 0.341 e. The van der Waals surface area contributed by atoms with E-state index in [1.807, 2.05) is 11.9 Å². The summed E-state index contributed by atoms with van der Waals surface area (Å²) >= 11 is 0. The summed E-state index contributed by atoms with van der Waals surface area (Å²) in [5.74, 6) is 0.627. The summed E-state index contributed by atoms with van der Waals surface area (Å²) in [6, 6.07) is 1.39. The molecule has 1 atom stereocenters. The van der Waals surface area contributed by atoms with Crippen molar-refractivity contribution in [1.82, 2.24) is 24.9 Å². The number of piperidine rings is 1. The Kier molecular flexibility index (Phi) is 11.5. The molecule has 2 heterocycles. The van der Waals surface area contributed by atoms with Crippen molar-refractivity contribution < 1.29 is 9.59 Å². The minimum atomic E-state index is -0.398. The number of halogens is 2. The van der Waals surface area contributed by atoms with Gasteiger partial charge in [0.05, 0.1) is 6.54 Å². The lowest BCUT2D eigenvalue weighted by molar-refractivity contribution is -0.141. The smallest absolute Gasteiger partial charge is 0.247 e. The van der Waals surface area contributed by atoms with E-state index in [1.54, 1.807) is 37.1 Å². The van der Waals surface area contributed by atoms with Gasteiger partial charge in [0.25, 0.3) is 0 Å². The van der Waals surface area contributed by atoms with Gasteiger partial charge in [0.2, 0.25) is 11.8 Å². The third-order valence-electron chi connectivity index (χ3n) is 4.80. The fourth-order valence-corrected chi connectivity index (χ4v) is 3.14. The lowest BCUT2D eigenvalue weighted by atomic mass is 9.93. The van der Waals surface area contributed by atoms with Gasteiger partial charge in [-0.25, -0.2) is 0 Å². The second-order valence-electron chi connectivity index (χ2n) is 6.57. The Morgan fingerprint density at radius 2 is 1.96 bits per heavy atom. The molecular weight excluding hydrogens is 377 g/mol. The zero-order chi connectivity index (χ0) is 17.5. The number of hydrogen-bond donors (Lipinski definition) is 1. The molecule has 1 N–H and O–H groups in total. The first-order chi connectivity index (χ1) is 11.5. The topological polar surface area (TPSA) is 70.5 Å². The van der Waals surface area contributed by atoms with Gasteiger partial charge in [0.15, 0.2) is 0 Å². The fraction of sp³-hybridized carbons (Fsp3) is 0.706. The normalized spacial score (nSPS) is 15.6. The van der Waals surface area contributed by atoms with Gasteiger partial charge in [0, 0.05) is 32.5 Å². The lowest BCUT2D eigenvalue weighted by Gasteiger charge is -2.33. The highest BCUT2D eigenvalue weighted by atomic mass is 35.5. The van der Waals surface area contributed by atoms with Crippen LogP contribution in [0.1, 0.15) is 32.2 Å². The summed E-state index contributed by atoms with van der Waals surface area (Å²) in [5.41, 5.74) is 0. The zero-order valence-corrected chi connectivity index (χ0v) is 17.4. The van der Waals surface area contributed by atoms with Crippen LogP contribution in [0.4, 0.5) is 0 Å². The number of likely N-dealkylation sites (tertiary alicyclic amines) is 1. The third kappa shape index (κ3) is 6.78. The molecule has 0 bridgehead atoms. The Labute approximate surface area is 168 Å². The standard InChI is InChI=1S/C17H29N5O2.2ClH/c1-14(22-10-4-8-19-22)17(24)20(3)13-16(23)21-11-6-15(7-12-21)5-9-18-2;;/h4,8,10,14-15,18H,5-7,9,11-13H2,1-3H3;2*1H. The Morgan fingerprint density at radius 3 is 2.50 bits per heavy atom. The van der Waals surface area contributed by atoms with Crippen molar-refractivity contribution in [3.8, 4) is 0 Å². The van der Waals surface area contributed by atoms with E-state index in [9.17, 15) is 9.59 Å². The molecule has 1 aliphatic rings. The number of nitrogens with one attached hydrogen (secondary N) is 1. The second kappa shape index (κ2) is 12.1. The van der Waals surface area contributed by atoms with Crippen molar-refractivity contribution in [2.75, 3.05) is 40.3 Å². The number of amides is 2. The molecular formula is C17H31Cl2N5O2. The van der Waals surface area contributed by atoms with Gasteiger partial charge >= 0.3 is 0 Å². The summed E-state index contributed by atoms with van der Waals surface area (Å²) in [6.45, 7) is 4.55. The van der Waals surface area contributed by atoms with E-state index in [2.05, 4.69) is 10.4 Å². The Hall–Kier alpha value is -1.31. The molecule has 0 aromatic carbocycles. The van der Waals surface area contributed by atoms with Gasteiger partial charge in [-0.05, 0) is 51.8 Å². The van der Waals surface area contributed by atoms with Crippen LogP contribution in [-0.4, -0.2) is 71.7 Å². The van der Waals surface area contributed by atoms with Crippen LogP contribution in [0.25, 0.3) is 0 Å². The first-order valence-corrected chi connectivity index (χ1v) is 8.69. The van der Waals surface area contributed by atoms with Gasteiger partial charge in [-0.15, -0.1) is 24.8 Å². The van der Waals surface area contributed by atoms with E-state index in [-0.39, 0.29) is 43.2 Å². The highest BCUT2D eigenvalue weighted by Gasteiger charge is 2.26. The van der Waals surface area contributed by atoms with E-state index in [4.69, 9.17) is 0 Å². The fourth-order valence-electron chi connectivity index (χ4n) is 3.14. The molecule has 26 heavy (non-hydrogen) atoms. The van der Waals surface area contributed by atoms with E-state index in [0.717, 1.165) is 38.9 Å². The molecule has 0 saturated carbocycles. The summed E-state index contributed by atoms with van der Waals surface area (Å²) in [5, 5.41) is 7.27. The average molecular weight is 408 g/mol. The van der Waals surface area contributed by atoms with Crippen molar-refractivity contribution in [3.63, 3.8) is 0 Å². The number of likely N-dealkylation sites (N-methyl/N-ethyl adjacent to an activating group) is 1. The molecule has 150 valence electrons. The van der Waals surface area contributed by atoms with Gasteiger partial charge in [-0.1, -0.05) is 0 Å². The highest BCUT2D eigenvalue weighted by molar-refractivity contribution is 5.86. The maximum Gasteiger partial charge on any atom is 0.247 e. The molecule has 2 amide bonds. The second-order valence-corrected chi connectivity index (χ2v) is 6.57. The number of hydrogen-bond acceptors (Lipinski definition) is 4. The predicted octanol–water partition coefficient (Wildman–Crippen LogP) is 1.59. The van der Waals surface area contributed by atoms with E-state index in [1.165, 1.54) is 4.90 Å². The predicted molar refractivity (Wildman–Crippen MR) is 107 cm³/mol. The number of carbonyl (C=O) groups is 2.